The van der Waals surface area contributed by atoms with E-state index < -0.39 is 12.0 Å². The molecule has 17 heavy (non-hydrogen) atoms. The predicted molar refractivity (Wildman–Crippen MR) is 66.3 cm³/mol. The number of thiophene rings is 1. The van der Waals surface area contributed by atoms with Gasteiger partial charge in [-0.2, -0.15) is 0 Å². The van der Waals surface area contributed by atoms with Gasteiger partial charge in [0.2, 0.25) is 5.91 Å². The number of hydrogen-bond donors (Lipinski definition) is 3. The standard InChI is InChI=1S/C10H13NO4S2/c12-4-3-7(10(14)15)11-8(13)6-17-9-2-1-5-16-9/h1-2,5,7,12H,3-4,6H2,(H,11,13)(H,14,15)/t7-/m1/s1. The molecule has 0 aliphatic rings. The third kappa shape index (κ3) is 5.20. The molecule has 0 fully saturated rings. The molecule has 1 heterocycles. The van der Waals surface area contributed by atoms with E-state index in [4.69, 9.17) is 10.2 Å². The third-order valence-electron chi connectivity index (χ3n) is 1.89. The number of amides is 1. The van der Waals surface area contributed by atoms with E-state index in [9.17, 15) is 9.59 Å². The Morgan fingerprint density at radius 1 is 1.53 bits per heavy atom. The average Bonchev–Trinajstić information content (AvgIpc) is 2.78. The van der Waals surface area contributed by atoms with Gasteiger partial charge < -0.3 is 15.5 Å². The van der Waals surface area contributed by atoms with Crippen LogP contribution in [0.15, 0.2) is 21.7 Å². The molecule has 0 bridgehead atoms. The number of carboxylic acid groups (broad SMARTS) is 1. The number of nitrogens with one attached hydrogen (secondary N) is 1. The van der Waals surface area contributed by atoms with Crippen molar-refractivity contribution in [3.05, 3.63) is 17.5 Å². The summed E-state index contributed by atoms with van der Waals surface area (Å²) in [5.74, 6) is -1.30. The molecule has 0 radical (unpaired) electrons. The fourth-order valence-corrected chi connectivity index (χ4v) is 2.70. The topological polar surface area (TPSA) is 86.6 Å². The molecule has 1 aromatic rings. The van der Waals surface area contributed by atoms with Crippen molar-refractivity contribution in [3.8, 4) is 0 Å². The van der Waals surface area contributed by atoms with Crippen molar-refractivity contribution >= 4 is 35.0 Å². The van der Waals surface area contributed by atoms with E-state index in [0.717, 1.165) is 4.21 Å². The number of thioether (sulfide) groups is 1. The zero-order valence-electron chi connectivity index (χ0n) is 8.96. The number of carboxylic acids is 1. The highest BCUT2D eigenvalue weighted by molar-refractivity contribution is 8.01. The summed E-state index contributed by atoms with van der Waals surface area (Å²) in [6, 6.07) is 2.76. The Labute approximate surface area is 107 Å². The zero-order valence-corrected chi connectivity index (χ0v) is 10.6. The minimum atomic E-state index is -1.13. The molecule has 1 atom stereocenters. The van der Waals surface area contributed by atoms with Crippen LogP contribution in [0.4, 0.5) is 0 Å². The van der Waals surface area contributed by atoms with Crippen LogP contribution in [0.1, 0.15) is 6.42 Å². The molecule has 0 aromatic carbocycles. The number of hydrogen-bond acceptors (Lipinski definition) is 5. The van der Waals surface area contributed by atoms with Crippen molar-refractivity contribution in [1.29, 1.82) is 0 Å². The minimum absolute atomic E-state index is 0.0186. The van der Waals surface area contributed by atoms with Crippen LogP contribution in [0, 0.1) is 0 Å². The Morgan fingerprint density at radius 2 is 2.29 bits per heavy atom. The second kappa shape index (κ2) is 7.31. The van der Waals surface area contributed by atoms with Crippen LogP contribution in [0.3, 0.4) is 0 Å². The number of aliphatic hydroxyl groups is 1. The lowest BCUT2D eigenvalue weighted by Crippen LogP contribution is -2.42. The maximum Gasteiger partial charge on any atom is 0.326 e. The number of carbonyl (C=O) groups is 2. The number of rotatable bonds is 7. The monoisotopic (exact) mass is 275 g/mol. The first-order valence-electron chi connectivity index (χ1n) is 4.93. The lowest BCUT2D eigenvalue weighted by molar-refractivity contribution is -0.141. The third-order valence-corrected chi connectivity index (χ3v) is 4.02. The van der Waals surface area contributed by atoms with E-state index in [2.05, 4.69) is 5.32 Å². The number of aliphatic hydroxyl groups excluding tert-OH is 1. The number of aliphatic carboxylic acids is 1. The lowest BCUT2D eigenvalue weighted by Gasteiger charge is -2.12. The fraction of sp³-hybridized carbons (Fsp3) is 0.400. The Kier molecular flexibility index (Phi) is 6.03. The molecule has 5 nitrogen and oxygen atoms in total. The summed E-state index contributed by atoms with van der Waals surface area (Å²) in [5.41, 5.74) is 0. The van der Waals surface area contributed by atoms with Crippen LogP contribution in [-0.4, -0.2) is 40.5 Å². The lowest BCUT2D eigenvalue weighted by atomic mass is 10.2. The molecule has 1 aromatic heterocycles. The Bertz CT molecular complexity index is 366. The summed E-state index contributed by atoms with van der Waals surface area (Å²) >= 11 is 2.89. The molecular formula is C10H13NO4S2. The smallest absolute Gasteiger partial charge is 0.326 e. The highest BCUT2D eigenvalue weighted by Crippen LogP contribution is 2.22. The van der Waals surface area contributed by atoms with Gasteiger partial charge in [-0.1, -0.05) is 6.07 Å². The average molecular weight is 275 g/mol. The highest BCUT2D eigenvalue weighted by Gasteiger charge is 2.18. The van der Waals surface area contributed by atoms with Crippen molar-refractivity contribution < 1.29 is 19.8 Å². The first-order chi connectivity index (χ1) is 8.13. The molecule has 0 aliphatic carbocycles. The molecule has 7 heteroatoms. The van der Waals surface area contributed by atoms with Crippen LogP contribution >= 0.6 is 23.1 Å². The summed E-state index contributed by atoms with van der Waals surface area (Å²) in [6.45, 7) is -0.269. The molecule has 0 spiro atoms. The Balaban J connectivity index is 2.34. The molecule has 0 aliphatic heterocycles. The van der Waals surface area contributed by atoms with Crippen LogP contribution in [0.5, 0.6) is 0 Å². The second-order valence-corrected chi connectivity index (χ2v) is 5.41. The molecule has 0 unspecified atom stereocenters. The van der Waals surface area contributed by atoms with Crippen molar-refractivity contribution in [1.82, 2.24) is 5.32 Å². The van der Waals surface area contributed by atoms with Gasteiger partial charge in [-0.25, -0.2) is 4.79 Å². The van der Waals surface area contributed by atoms with E-state index >= 15 is 0 Å². The van der Waals surface area contributed by atoms with Crippen LogP contribution in [0.25, 0.3) is 0 Å². The summed E-state index contributed by atoms with van der Waals surface area (Å²) in [6.07, 6.45) is 0.0186. The zero-order chi connectivity index (χ0) is 12.7. The largest absolute Gasteiger partial charge is 0.480 e. The van der Waals surface area contributed by atoms with E-state index in [0.29, 0.717) is 0 Å². The summed E-state index contributed by atoms with van der Waals surface area (Å²) < 4.78 is 1.01. The minimum Gasteiger partial charge on any atom is -0.480 e. The van der Waals surface area contributed by atoms with Gasteiger partial charge in [0.05, 0.1) is 9.96 Å². The van der Waals surface area contributed by atoms with Crippen LogP contribution in [-0.2, 0) is 9.59 Å². The van der Waals surface area contributed by atoms with Gasteiger partial charge in [-0.3, -0.25) is 4.79 Å². The Morgan fingerprint density at radius 3 is 2.82 bits per heavy atom. The van der Waals surface area contributed by atoms with E-state index in [-0.39, 0.29) is 24.7 Å². The first-order valence-corrected chi connectivity index (χ1v) is 6.79. The highest BCUT2D eigenvalue weighted by atomic mass is 32.2. The Hall–Kier alpha value is -1.05. The SMILES string of the molecule is O=C(CSc1cccs1)N[C@H](CCO)C(=O)O. The molecule has 1 rings (SSSR count). The van der Waals surface area contributed by atoms with Crippen LogP contribution < -0.4 is 5.32 Å². The van der Waals surface area contributed by atoms with Gasteiger partial charge in [0.1, 0.15) is 6.04 Å². The molecule has 0 saturated heterocycles. The van der Waals surface area contributed by atoms with Gasteiger partial charge in [-0.15, -0.1) is 23.1 Å². The summed E-state index contributed by atoms with van der Waals surface area (Å²) in [4.78, 5) is 22.2. The van der Waals surface area contributed by atoms with Gasteiger partial charge in [-0.05, 0) is 11.4 Å². The van der Waals surface area contributed by atoms with Gasteiger partial charge in [0.25, 0.3) is 0 Å². The molecule has 94 valence electrons. The van der Waals surface area contributed by atoms with E-state index in [1.807, 2.05) is 17.5 Å². The van der Waals surface area contributed by atoms with E-state index in [1.54, 1.807) is 0 Å². The van der Waals surface area contributed by atoms with Gasteiger partial charge in [0, 0.05) is 13.0 Å². The van der Waals surface area contributed by atoms with Crippen LogP contribution in [0.2, 0.25) is 0 Å². The fourth-order valence-electron chi connectivity index (χ4n) is 1.10. The second-order valence-electron chi connectivity index (χ2n) is 3.19. The van der Waals surface area contributed by atoms with Crippen molar-refractivity contribution in [2.45, 2.75) is 16.7 Å². The van der Waals surface area contributed by atoms with Crippen molar-refractivity contribution in [2.75, 3.05) is 12.4 Å². The van der Waals surface area contributed by atoms with Gasteiger partial charge >= 0.3 is 5.97 Å². The first kappa shape index (κ1) is 14.0. The molecule has 3 N–H and O–H groups in total. The van der Waals surface area contributed by atoms with Crippen molar-refractivity contribution in [3.63, 3.8) is 0 Å². The summed E-state index contributed by atoms with van der Waals surface area (Å²) in [7, 11) is 0. The summed E-state index contributed by atoms with van der Waals surface area (Å²) in [5, 5.41) is 21.7. The predicted octanol–water partition coefficient (Wildman–Crippen LogP) is 0.792. The van der Waals surface area contributed by atoms with Gasteiger partial charge in [0.15, 0.2) is 0 Å². The maximum atomic E-state index is 11.5. The molecule has 0 saturated carbocycles. The van der Waals surface area contributed by atoms with E-state index in [1.165, 1.54) is 23.1 Å². The van der Waals surface area contributed by atoms with Crippen molar-refractivity contribution in [2.24, 2.45) is 0 Å². The molecule has 1 amide bonds. The quantitative estimate of drug-likeness (QED) is 0.641. The maximum absolute atomic E-state index is 11.5. The number of carbonyl (C=O) groups excluding carboxylic acids is 1. The normalized spacial score (nSPS) is 12.1. The molecular weight excluding hydrogens is 262 g/mol.